The maximum absolute atomic E-state index is 8.98. The SMILES string of the molecule is CC(C)(C)CCn1cncc1CO. The summed E-state index contributed by atoms with van der Waals surface area (Å²) in [5, 5.41) is 8.98. The van der Waals surface area contributed by atoms with Crippen LogP contribution in [0.2, 0.25) is 0 Å². The quantitative estimate of drug-likeness (QED) is 0.774. The minimum Gasteiger partial charge on any atom is -0.390 e. The Morgan fingerprint density at radius 1 is 1.46 bits per heavy atom. The fraction of sp³-hybridized carbons (Fsp3) is 0.700. The van der Waals surface area contributed by atoms with E-state index < -0.39 is 0 Å². The van der Waals surface area contributed by atoms with E-state index in [1.54, 1.807) is 12.5 Å². The molecular formula is C10H18N2O. The first-order valence-electron chi connectivity index (χ1n) is 4.63. The third-order valence-corrected chi connectivity index (χ3v) is 2.06. The number of imidazole rings is 1. The molecule has 0 radical (unpaired) electrons. The van der Waals surface area contributed by atoms with Gasteiger partial charge in [-0.05, 0) is 11.8 Å². The summed E-state index contributed by atoms with van der Waals surface area (Å²) in [7, 11) is 0. The van der Waals surface area contributed by atoms with Crippen molar-refractivity contribution in [3.8, 4) is 0 Å². The highest BCUT2D eigenvalue weighted by molar-refractivity contribution is 4.95. The maximum Gasteiger partial charge on any atom is 0.0948 e. The van der Waals surface area contributed by atoms with Crippen molar-refractivity contribution in [2.75, 3.05) is 0 Å². The van der Waals surface area contributed by atoms with E-state index in [0.717, 1.165) is 18.7 Å². The van der Waals surface area contributed by atoms with Crippen molar-refractivity contribution in [2.24, 2.45) is 5.41 Å². The molecule has 0 atom stereocenters. The van der Waals surface area contributed by atoms with Crippen LogP contribution >= 0.6 is 0 Å². The highest BCUT2D eigenvalue weighted by Crippen LogP contribution is 2.19. The first-order valence-corrected chi connectivity index (χ1v) is 4.63. The van der Waals surface area contributed by atoms with Crippen LogP contribution < -0.4 is 0 Å². The summed E-state index contributed by atoms with van der Waals surface area (Å²) in [5.74, 6) is 0. The van der Waals surface area contributed by atoms with Crippen molar-refractivity contribution in [1.29, 1.82) is 0 Å². The number of rotatable bonds is 3. The highest BCUT2D eigenvalue weighted by atomic mass is 16.3. The summed E-state index contributed by atoms with van der Waals surface area (Å²) >= 11 is 0. The van der Waals surface area contributed by atoms with Gasteiger partial charge in [0.15, 0.2) is 0 Å². The number of aliphatic hydroxyl groups excluding tert-OH is 1. The molecule has 1 N–H and O–H groups in total. The van der Waals surface area contributed by atoms with Gasteiger partial charge in [0, 0.05) is 6.54 Å². The Labute approximate surface area is 79.4 Å². The Kier molecular flexibility index (Phi) is 3.09. The van der Waals surface area contributed by atoms with Crippen LogP contribution in [0.5, 0.6) is 0 Å². The molecule has 0 fully saturated rings. The first kappa shape index (κ1) is 10.3. The van der Waals surface area contributed by atoms with Gasteiger partial charge in [0.05, 0.1) is 24.8 Å². The van der Waals surface area contributed by atoms with Crippen LogP contribution in [-0.2, 0) is 13.2 Å². The largest absolute Gasteiger partial charge is 0.390 e. The lowest BCUT2D eigenvalue weighted by Crippen LogP contribution is -2.11. The molecule has 0 bridgehead atoms. The number of aryl methyl sites for hydroxylation is 1. The van der Waals surface area contributed by atoms with E-state index in [-0.39, 0.29) is 6.61 Å². The molecule has 3 nitrogen and oxygen atoms in total. The van der Waals surface area contributed by atoms with Crippen LogP contribution in [-0.4, -0.2) is 14.7 Å². The summed E-state index contributed by atoms with van der Waals surface area (Å²) in [6.45, 7) is 7.64. The molecule has 3 heteroatoms. The summed E-state index contributed by atoms with van der Waals surface area (Å²) in [4.78, 5) is 4.00. The number of aliphatic hydroxyl groups is 1. The van der Waals surface area contributed by atoms with E-state index in [1.807, 2.05) is 4.57 Å². The average molecular weight is 182 g/mol. The zero-order chi connectivity index (χ0) is 9.90. The molecule has 0 unspecified atom stereocenters. The number of hydrogen-bond acceptors (Lipinski definition) is 2. The van der Waals surface area contributed by atoms with Crippen molar-refractivity contribution in [1.82, 2.24) is 9.55 Å². The molecule has 1 rings (SSSR count). The van der Waals surface area contributed by atoms with Gasteiger partial charge >= 0.3 is 0 Å². The number of aromatic nitrogens is 2. The third kappa shape index (κ3) is 3.19. The molecule has 1 aromatic rings. The van der Waals surface area contributed by atoms with E-state index in [4.69, 9.17) is 5.11 Å². The molecule has 0 aromatic carbocycles. The zero-order valence-electron chi connectivity index (χ0n) is 8.62. The average Bonchev–Trinajstić information content (AvgIpc) is 2.46. The fourth-order valence-electron chi connectivity index (χ4n) is 1.14. The summed E-state index contributed by atoms with van der Waals surface area (Å²) in [6.07, 6.45) is 4.58. The molecule has 13 heavy (non-hydrogen) atoms. The Morgan fingerprint density at radius 3 is 2.69 bits per heavy atom. The van der Waals surface area contributed by atoms with Gasteiger partial charge in [-0.2, -0.15) is 0 Å². The molecule has 0 aliphatic rings. The van der Waals surface area contributed by atoms with Gasteiger partial charge in [0.25, 0.3) is 0 Å². The van der Waals surface area contributed by atoms with Crippen molar-refractivity contribution in [3.63, 3.8) is 0 Å². The summed E-state index contributed by atoms with van der Waals surface area (Å²) < 4.78 is 2.01. The fourth-order valence-corrected chi connectivity index (χ4v) is 1.14. The van der Waals surface area contributed by atoms with Crippen LogP contribution in [0.1, 0.15) is 32.9 Å². The second-order valence-corrected chi connectivity index (χ2v) is 4.55. The summed E-state index contributed by atoms with van der Waals surface area (Å²) in [5.41, 5.74) is 1.22. The van der Waals surface area contributed by atoms with Gasteiger partial charge in [0.2, 0.25) is 0 Å². The minimum absolute atomic E-state index is 0.0736. The molecule has 74 valence electrons. The Balaban J connectivity index is 2.54. The van der Waals surface area contributed by atoms with Gasteiger partial charge in [-0.15, -0.1) is 0 Å². The van der Waals surface area contributed by atoms with Crippen molar-refractivity contribution < 1.29 is 5.11 Å². The third-order valence-electron chi connectivity index (χ3n) is 2.06. The van der Waals surface area contributed by atoms with Gasteiger partial charge in [0.1, 0.15) is 0 Å². The lowest BCUT2D eigenvalue weighted by Gasteiger charge is -2.18. The minimum atomic E-state index is 0.0736. The first-order chi connectivity index (χ1) is 6.03. The second-order valence-electron chi connectivity index (χ2n) is 4.55. The molecule has 0 spiro atoms. The van der Waals surface area contributed by atoms with E-state index >= 15 is 0 Å². The van der Waals surface area contributed by atoms with E-state index in [9.17, 15) is 0 Å². The molecule has 1 aromatic heterocycles. The van der Waals surface area contributed by atoms with E-state index in [2.05, 4.69) is 25.8 Å². The Bertz CT molecular complexity index is 260. The summed E-state index contributed by atoms with van der Waals surface area (Å²) in [6, 6.07) is 0. The van der Waals surface area contributed by atoms with Crippen LogP contribution in [0.15, 0.2) is 12.5 Å². The second kappa shape index (κ2) is 3.92. The molecule has 0 saturated heterocycles. The highest BCUT2D eigenvalue weighted by Gasteiger charge is 2.10. The molecular weight excluding hydrogens is 164 g/mol. The van der Waals surface area contributed by atoms with Crippen LogP contribution in [0, 0.1) is 5.41 Å². The standard InChI is InChI=1S/C10H18N2O/c1-10(2,3)4-5-12-8-11-6-9(12)7-13/h6,8,13H,4-5,7H2,1-3H3. The van der Waals surface area contributed by atoms with Crippen LogP contribution in [0.25, 0.3) is 0 Å². The molecule has 0 aliphatic heterocycles. The van der Waals surface area contributed by atoms with Gasteiger partial charge < -0.3 is 9.67 Å². The molecule has 0 saturated carbocycles. The van der Waals surface area contributed by atoms with Crippen molar-refractivity contribution >= 4 is 0 Å². The number of hydrogen-bond donors (Lipinski definition) is 1. The van der Waals surface area contributed by atoms with Crippen molar-refractivity contribution in [3.05, 3.63) is 18.2 Å². The zero-order valence-corrected chi connectivity index (χ0v) is 8.62. The predicted octanol–water partition coefficient (Wildman–Crippen LogP) is 1.81. The van der Waals surface area contributed by atoms with Gasteiger partial charge in [-0.1, -0.05) is 20.8 Å². The lowest BCUT2D eigenvalue weighted by atomic mass is 9.92. The topological polar surface area (TPSA) is 38.0 Å². The van der Waals surface area contributed by atoms with Gasteiger partial charge in [-0.25, -0.2) is 4.98 Å². The molecule has 0 amide bonds. The lowest BCUT2D eigenvalue weighted by molar-refractivity contribution is 0.265. The van der Waals surface area contributed by atoms with Crippen molar-refractivity contribution in [2.45, 2.75) is 40.3 Å². The smallest absolute Gasteiger partial charge is 0.0948 e. The molecule has 1 heterocycles. The van der Waals surface area contributed by atoms with Crippen LogP contribution in [0.3, 0.4) is 0 Å². The monoisotopic (exact) mass is 182 g/mol. The predicted molar refractivity (Wildman–Crippen MR) is 52.2 cm³/mol. The normalized spacial score (nSPS) is 12.0. The van der Waals surface area contributed by atoms with Gasteiger partial charge in [-0.3, -0.25) is 0 Å². The Hall–Kier alpha value is -0.830. The number of nitrogens with zero attached hydrogens (tertiary/aromatic N) is 2. The van der Waals surface area contributed by atoms with E-state index in [0.29, 0.717) is 5.41 Å². The molecule has 0 aliphatic carbocycles. The Morgan fingerprint density at radius 2 is 2.15 bits per heavy atom. The van der Waals surface area contributed by atoms with E-state index in [1.165, 1.54) is 0 Å². The maximum atomic E-state index is 8.98. The van der Waals surface area contributed by atoms with Crippen LogP contribution in [0.4, 0.5) is 0 Å².